The van der Waals surface area contributed by atoms with E-state index < -0.39 is 25.1 Å². The van der Waals surface area contributed by atoms with Crippen LogP contribution in [0.3, 0.4) is 0 Å². The van der Waals surface area contributed by atoms with Crippen LogP contribution in [0.15, 0.2) is 54.6 Å². The molecule has 0 radical (unpaired) electrons. The zero-order valence-corrected chi connectivity index (χ0v) is 15.3. The first kappa shape index (κ1) is 25.0. The quantitative estimate of drug-likeness (QED) is 0.201. The third-order valence-electron chi connectivity index (χ3n) is 3.67. The average molecular weight is 432 g/mol. The molecule has 0 fully saturated rings. The Bertz CT molecular complexity index is 843. The SMILES string of the molecule is NC(=O)C(C(=O)NCCCc1cccc(Oc2ccccc2)c1)P(=O)(O)O.[KH]. The number of carbonyl (C=O) groups is 2. The molecular weight excluding hydrogens is 410 g/mol. The summed E-state index contributed by atoms with van der Waals surface area (Å²) in [6, 6.07) is 16.8. The van der Waals surface area contributed by atoms with Crippen molar-refractivity contribution < 1.29 is 28.7 Å². The third kappa shape index (κ3) is 8.14. The molecule has 2 aromatic rings. The van der Waals surface area contributed by atoms with Crippen LogP contribution in [0.5, 0.6) is 11.5 Å². The molecule has 1 atom stereocenters. The van der Waals surface area contributed by atoms with Gasteiger partial charge < -0.3 is 25.6 Å². The van der Waals surface area contributed by atoms with Gasteiger partial charge in [0.05, 0.1) is 0 Å². The normalized spacial score (nSPS) is 11.8. The average Bonchev–Trinajstić information content (AvgIpc) is 2.58. The van der Waals surface area contributed by atoms with Crippen LogP contribution in [0.25, 0.3) is 0 Å². The van der Waals surface area contributed by atoms with Gasteiger partial charge in [0.25, 0.3) is 0 Å². The first-order valence-electron chi connectivity index (χ1n) is 8.21. The molecule has 10 heteroatoms. The summed E-state index contributed by atoms with van der Waals surface area (Å²) >= 11 is 0. The number of nitrogens with one attached hydrogen (secondary N) is 1. The van der Waals surface area contributed by atoms with E-state index in [1.54, 1.807) is 0 Å². The molecule has 0 bridgehead atoms. The van der Waals surface area contributed by atoms with Crippen molar-refractivity contribution in [3.8, 4) is 11.5 Å². The molecule has 0 aromatic heterocycles. The predicted molar refractivity (Wildman–Crippen MR) is 106 cm³/mol. The van der Waals surface area contributed by atoms with Gasteiger partial charge in [-0.05, 0) is 42.7 Å². The van der Waals surface area contributed by atoms with Gasteiger partial charge in [-0.1, -0.05) is 30.3 Å². The molecule has 0 heterocycles. The Hall–Kier alpha value is -1.03. The molecule has 28 heavy (non-hydrogen) atoms. The van der Waals surface area contributed by atoms with Crippen LogP contribution in [-0.2, 0) is 20.6 Å². The molecule has 1 unspecified atom stereocenters. The van der Waals surface area contributed by atoms with E-state index in [4.69, 9.17) is 20.3 Å². The summed E-state index contributed by atoms with van der Waals surface area (Å²) < 4.78 is 16.9. The molecule has 0 saturated carbocycles. The second-order valence-corrected chi connectivity index (χ2v) is 7.55. The Balaban J connectivity index is 0.00000392. The fourth-order valence-electron chi connectivity index (χ4n) is 2.44. The van der Waals surface area contributed by atoms with E-state index in [2.05, 4.69) is 5.32 Å². The molecule has 0 saturated heterocycles. The summed E-state index contributed by atoms with van der Waals surface area (Å²) in [5.74, 6) is -1.03. The zero-order valence-electron chi connectivity index (χ0n) is 14.4. The van der Waals surface area contributed by atoms with E-state index in [-0.39, 0.29) is 57.9 Å². The van der Waals surface area contributed by atoms with Gasteiger partial charge >= 0.3 is 59.0 Å². The number of amides is 2. The van der Waals surface area contributed by atoms with Gasteiger partial charge in [-0.25, -0.2) is 0 Å². The number of primary amides is 1. The van der Waals surface area contributed by atoms with Crippen molar-refractivity contribution in [1.29, 1.82) is 0 Å². The molecule has 8 nitrogen and oxygen atoms in total. The summed E-state index contributed by atoms with van der Waals surface area (Å²) in [4.78, 5) is 40.9. The van der Waals surface area contributed by atoms with Gasteiger partial charge in [0, 0.05) is 6.54 Å². The fraction of sp³-hybridized carbons (Fsp3) is 0.222. The fourth-order valence-corrected chi connectivity index (χ4v) is 3.17. The monoisotopic (exact) mass is 432 g/mol. The number of rotatable bonds is 9. The first-order chi connectivity index (χ1) is 12.8. The van der Waals surface area contributed by atoms with Crippen LogP contribution in [0.1, 0.15) is 12.0 Å². The Morgan fingerprint density at radius 1 is 1.07 bits per heavy atom. The van der Waals surface area contributed by atoms with E-state index in [1.807, 2.05) is 54.6 Å². The van der Waals surface area contributed by atoms with Gasteiger partial charge in [-0.2, -0.15) is 0 Å². The molecule has 0 aliphatic rings. The molecule has 0 spiro atoms. The first-order valence-corrected chi connectivity index (χ1v) is 9.89. The van der Waals surface area contributed by atoms with E-state index >= 15 is 0 Å². The van der Waals surface area contributed by atoms with Crippen LogP contribution in [0.2, 0.25) is 0 Å². The van der Waals surface area contributed by atoms with E-state index in [0.717, 1.165) is 11.3 Å². The summed E-state index contributed by atoms with van der Waals surface area (Å²) in [7, 11) is -4.94. The van der Waals surface area contributed by atoms with Gasteiger partial charge in [0.2, 0.25) is 17.5 Å². The molecule has 2 aromatic carbocycles. The van der Waals surface area contributed by atoms with Crippen molar-refractivity contribution in [3.63, 3.8) is 0 Å². The number of benzene rings is 2. The summed E-state index contributed by atoms with van der Waals surface area (Å²) in [5, 5.41) is 2.33. The second kappa shape index (κ2) is 11.8. The standard InChI is InChI=1S/C18H21N2O6P.K.H/c19-17(21)16(27(23,24)25)18(22)20-11-5-7-13-6-4-10-15(12-13)26-14-8-2-1-3-9-14;;/h1-4,6,8-10,12,16H,5,7,11H2,(H2,19,21)(H,20,22)(H2,23,24,25);;. The molecule has 0 aliphatic heterocycles. The van der Waals surface area contributed by atoms with Crippen molar-refractivity contribution >= 4 is 70.8 Å². The molecule has 146 valence electrons. The van der Waals surface area contributed by atoms with Crippen molar-refractivity contribution in [1.82, 2.24) is 5.32 Å². The van der Waals surface area contributed by atoms with Crippen molar-refractivity contribution in [2.24, 2.45) is 5.73 Å². The van der Waals surface area contributed by atoms with Gasteiger partial charge in [-0.3, -0.25) is 14.2 Å². The summed E-state index contributed by atoms with van der Waals surface area (Å²) in [6.45, 7) is 0.145. The minimum absolute atomic E-state index is 0. The molecule has 0 aliphatic carbocycles. The van der Waals surface area contributed by atoms with Gasteiger partial charge in [0.15, 0.2) is 0 Å². The molecule has 5 N–H and O–H groups in total. The van der Waals surface area contributed by atoms with E-state index in [0.29, 0.717) is 18.6 Å². The Labute approximate surface area is 205 Å². The Morgan fingerprint density at radius 3 is 2.32 bits per heavy atom. The number of nitrogens with two attached hydrogens (primary N) is 1. The topological polar surface area (TPSA) is 139 Å². The zero-order chi connectivity index (χ0) is 19.9. The van der Waals surface area contributed by atoms with Crippen molar-refractivity contribution in [2.45, 2.75) is 18.5 Å². The number of aryl methyl sites for hydroxylation is 1. The third-order valence-corrected chi connectivity index (χ3v) is 4.83. The van der Waals surface area contributed by atoms with E-state index in [9.17, 15) is 14.2 Å². The molecular formula is C18H22KN2O6P. The Kier molecular flexibility index (Phi) is 10.6. The Morgan fingerprint density at radius 2 is 1.71 bits per heavy atom. The second-order valence-electron chi connectivity index (χ2n) is 5.85. The van der Waals surface area contributed by atoms with Gasteiger partial charge in [0.1, 0.15) is 11.5 Å². The van der Waals surface area contributed by atoms with Crippen LogP contribution < -0.4 is 15.8 Å². The number of carbonyl (C=O) groups excluding carboxylic acids is 2. The molecule has 2 amide bonds. The van der Waals surface area contributed by atoms with Gasteiger partial charge in [-0.15, -0.1) is 0 Å². The minimum atomic E-state index is -4.94. The van der Waals surface area contributed by atoms with E-state index in [1.165, 1.54) is 0 Å². The maximum atomic E-state index is 11.8. The summed E-state index contributed by atoms with van der Waals surface area (Å²) in [6.07, 6.45) is 1.11. The van der Waals surface area contributed by atoms with Crippen LogP contribution in [0.4, 0.5) is 0 Å². The van der Waals surface area contributed by atoms with Crippen molar-refractivity contribution in [2.75, 3.05) is 6.54 Å². The van der Waals surface area contributed by atoms with Crippen LogP contribution >= 0.6 is 7.60 Å². The molecule has 2 rings (SSSR count). The van der Waals surface area contributed by atoms with Crippen LogP contribution in [-0.4, -0.2) is 85.2 Å². The number of hydrogen-bond acceptors (Lipinski definition) is 4. The number of ether oxygens (including phenoxy) is 1. The van der Waals surface area contributed by atoms with Crippen LogP contribution in [0, 0.1) is 0 Å². The maximum absolute atomic E-state index is 11.8. The predicted octanol–water partition coefficient (Wildman–Crippen LogP) is 0.911. The van der Waals surface area contributed by atoms with Crippen molar-refractivity contribution in [3.05, 3.63) is 60.2 Å². The summed E-state index contributed by atoms with van der Waals surface area (Å²) in [5.41, 5.74) is 3.70. The number of hydrogen-bond donors (Lipinski definition) is 4. The number of para-hydroxylation sites is 1.